The van der Waals surface area contributed by atoms with Crippen LogP contribution in [-0.2, 0) is 15.0 Å². The first-order chi connectivity index (χ1) is 8.90. The smallest absolute Gasteiger partial charge is 0.357 e. The van der Waals surface area contributed by atoms with Crippen LogP contribution in [0.15, 0.2) is 18.2 Å². The van der Waals surface area contributed by atoms with Crippen LogP contribution in [0.1, 0.15) is 23.2 Å². The van der Waals surface area contributed by atoms with Gasteiger partial charge in [0.15, 0.2) is 0 Å². The number of para-hydroxylation sites is 1. The average Bonchev–Trinajstić information content (AvgIpc) is 3.11. The van der Waals surface area contributed by atoms with Crippen molar-refractivity contribution in [3.63, 3.8) is 0 Å². The molecule has 1 fully saturated rings. The lowest BCUT2D eigenvalue weighted by Crippen LogP contribution is -2.16. The number of esters is 1. The summed E-state index contributed by atoms with van der Waals surface area (Å²) in [4.78, 5) is 11.9. The van der Waals surface area contributed by atoms with Crippen LogP contribution >= 0.6 is 0 Å². The van der Waals surface area contributed by atoms with Crippen LogP contribution < -0.4 is 9.46 Å². The van der Waals surface area contributed by atoms with Crippen LogP contribution in [0.25, 0.3) is 0 Å². The minimum absolute atomic E-state index is 0.0103. The fourth-order valence-electron chi connectivity index (χ4n) is 1.51. The first-order valence-corrected chi connectivity index (χ1v) is 6.98. The van der Waals surface area contributed by atoms with E-state index in [1.807, 2.05) is 4.72 Å². The zero-order valence-electron chi connectivity index (χ0n) is 10.1. The molecular formula is C11H13NO6S. The van der Waals surface area contributed by atoms with E-state index >= 15 is 0 Å². The van der Waals surface area contributed by atoms with Gasteiger partial charge >= 0.3 is 16.3 Å². The van der Waals surface area contributed by atoms with Crippen molar-refractivity contribution in [1.82, 2.24) is 0 Å². The highest BCUT2D eigenvalue weighted by Crippen LogP contribution is 2.32. The molecule has 8 heteroatoms. The van der Waals surface area contributed by atoms with Gasteiger partial charge in [0.25, 0.3) is 0 Å². The molecule has 0 bridgehead atoms. The zero-order valence-corrected chi connectivity index (χ0v) is 10.9. The topological polar surface area (TPSA) is 102 Å². The van der Waals surface area contributed by atoms with E-state index in [1.165, 1.54) is 25.3 Å². The van der Waals surface area contributed by atoms with Crippen LogP contribution in [0.5, 0.6) is 5.75 Å². The summed E-state index contributed by atoms with van der Waals surface area (Å²) in [5, 5.41) is 0. The van der Waals surface area contributed by atoms with E-state index in [2.05, 4.69) is 0 Å². The molecule has 1 aliphatic rings. The molecule has 0 amide bonds. The standard InChI is InChI=1S/C11H13NO6S/c1-17-9-4-2-3-8(10(9)12-19(14,15)16)11(13)18-7-5-6-7/h2-4,7,12H,5-6H2,1H3,(H,14,15,16). The predicted octanol–water partition coefficient (Wildman–Crippen LogP) is 1.23. The zero-order chi connectivity index (χ0) is 14.0. The van der Waals surface area contributed by atoms with E-state index < -0.39 is 16.3 Å². The fraction of sp³-hybridized carbons (Fsp3) is 0.364. The number of carbonyl (C=O) groups is 1. The Kier molecular flexibility index (Phi) is 3.63. The van der Waals surface area contributed by atoms with Crippen LogP contribution in [0, 0.1) is 0 Å². The van der Waals surface area contributed by atoms with Gasteiger partial charge in [-0.05, 0) is 25.0 Å². The summed E-state index contributed by atoms with van der Waals surface area (Å²) < 4.78 is 42.6. The van der Waals surface area contributed by atoms with Crippen molar-refractivity contribution in [2.24, 2.45) is 0 Å². The lowest BCUT2D eigenvalue weighted by atomic mass is 10.1. The highest BCUT2D eigenvalue weighted by Gasteiger charge is 2.28. The number of ether oxygens (including phenoxy) is 2. The maximum absolute atomic E-state index is 11.9. The first-order valence-electron chi connectivity index (χ1n) is 5.54. The van der Waals surface area contributed by atoms with Crippen molar-refractivity contribution in [1.29, 1.82) is 0 Å². The maximum atomic E-state index is 11.9. The summed E-state index contributed by atoms with van der Waals surface area (Å²) in [5.74, 6) is -0.546. The molecule has 0 radical (unpaired) electrons. The summed E-state index contributed by atoms with van der Waals surface area (Å²) in [6, 6.07) is 4.37. The SMILES string of the molecule is COc1cccc(C(=O)OC2CC2)c1NS(=O)(=O)O. The van der Waals surface area contributed by atoms with Gasteiger partial charge in [0, 0.05) is 0 Å². The monoisotopic (exact) mass is 287 g/mol. The average molecular weight is 287 g/mol. The number of hydrogen-bond acceptors (Lipinski definition) is 5. The molecule has 1 saturated carbocycles. The molecule has 0 saturated heterocycles. The molecular weight excluding hydrogens is 274 g/mol. The third-order valence-corrected chi connectivity index (χ3v) is 2.96. The number of benzene rings is 1. The van der Waals surface area contributed by atoms with E-state index in [0.29, 0.717) is 0 Å². The Labute approximate surface area is 110 Å². The van der Waals surface area contributed by atoms with Gasteiger partial charge in [-0.25, -0.2) is 4.79 Å². The summed E-state index contributed by atoms with van der Waals surface area (Å²) in [6.45, 7) is 0. The molecule has 0 spiro atoms. The van der Waals surface area contributed by atoms with E-state index in [4.69, 9.17) is 14.0 Å². The normalized spacial score (nSPS) is 14.8. The first kappa shape index (κ1) is 13.6. The third kappa shape index (κ3) is 3.58. The summed E-state index contributed by atoms with van der Waals surface area (Å²) in [6.07, 6.45) is 1.49. The van der Waals surface area contributed by atoms with Gasteiger partial charge in [0.05, 0.1) is 12.7 Å². The number of rotatable bonds is 5. The molecule has 7 nitrogen and oxygen atoms in total. The third-order valence-electron chi connectivity index (χ3n) is 2.50. The van der Waals surface area contributed by atoms with Gasteiger partial charge < -0.3 is 9.47 Å². The molecule has 0 unspecified atom stereocenters. The predicted molar refractivity (Wildman–Crippen MR) is 66.6 cm³/mol. The van der Waals surface area contributed by atoms with Crippen LogP contribution in [0.3, 0.4) is 0 Å². The number of anilines is 1. The van der Waals surface area contributed by atoms with Crippen LogP contribution in [0.2, 0.25) is 0 Å². The molecule has 0 heterocycles. The van der Waals surface area contributed by atoms with Gasteiger partial charge in [-0.3, -0.25) is 9.27 Å². The van der Waals surface area contributed by atoms with Crippen molar-refractivity contribution in [2.45, 2.75) is 18.9 Å². The second-order valence-electron chi connectivity index (χ2n) is 4.06. The summed E-state index contributed by atoms with van der Waals surface area (Å²) in [7, 11) is -3.20. The number of nitrogens with one attached hydrogen (secondary N) is 1. The number of methoxy groups -OCH3 is 1. The molecule has 2 rings (SSSR count). The van der Waals surface area contributed by atoms with Gasteiger partial charge in [-0.15, -0.1) is 0 Å². The molecule has 104 valence electrons. The van der Waals surface area contributed by atoms with Gasteiger partial charge in [0.2, 0.25) is 0 Å². The summed E-state index contributed by atoms with van der Waals surface area (Å²) >= 11 is 0. The van der Waals surface area contributed by atoms with Gasteiger partial charge in [0.1, 0.15) is 17.5 Å². The summed E-state index contributed by atoms with van der Waals surface area (Å²) in [5.41, 5.74) is -0.151. The molecule has 19 heavy (non-hydrogen) atoms. The molecule has 1 aromatic rings. The van der Waals surface area contributed by atoms with Crippen molar-refractivity contribution >= 4 is 22.0 Å². The highest BCUT2D eigenvalue weighted by molar-refractivity contribution is 7.87. The Morgan fingerprint density at radius 2 is 2.11 bits per heavy atom. The highest BCUT2D eigenvalue weighted by atomic mass is 32.2. The van der Waals surface area contributed by atoms with Crippen LogP contribution in [-0.4, -0.2) is 32.2 Å². The van der Waals surface area contributed by atoms with E-state index in [0.717, 1.165) is 12.8 Å². The Bertz CT molecular complexity index is 593. The van der Waals surface area contributed by atoms with Gasteiger partial charge in [-0.2, -0.15) is 8.42 Å². The molecule has 0 aromatic heterocycles. The van der Waals surface area contributed by atoms with E-state index in [9.17, 15) is 13.2 Å². The molecule has 1 aromatic carbocycles. The Morgan fingerprint density at radius 3 is 2.63 bits per heavy atom. The van der Waals surface area contributed by atoms with Crippen molar-refractivity contribution in [2.75, 3.05) is 11.8 Å². The molecule has 2 N–H and O–H groups in total. The Morgan fingerprint density at radius 1 is 1.42 bits per heavy atom. The maximum Gasteiger partial charge on any atom is 0.357 e. The largest absolute Gasteiger partial charge is 0.495 e. The van der Waals surface area contributed by atoms with Crippen molar-refractivity contribution < 1.29 is 27.2 Å². The van der Waals surface area contributed by atoms with Gasteiger partial charge in [-0.1, -0.05) is 6.07 Å². The Hall–Kier alpha value is -1.80. The minimum Gasteiger partial charge on any atom is -0.495 e. The van der Waals surface area contributed by atoms with Crippen molar-refractivity contribution in [3.8, 4) is 5.75 Å². The molecule has 0 atom stereocenters. The second-order valence-corrected chi connectivity index (χ2v) is 5.22. The Balaban J connectivity index is 2.37. The number of hydrogen-bond donors (Lipinski definition) is 2. The second kappa shape index (κ2) is 5.06. The molecule has 1 aliphatic carbocycles. The van der Waals surface area contributed by atoms with E-state index in [-0.39, 0.29) is 23.1 Å². The van der Waals surface area contributed by atoms with Crippen molar-refractivity contribution in [3.05, 3.63) is 23.8 Å². The fourth-order valence-corrected chi connectivity index (χ4v) is 1.97. The lowest BCUT2D eigenvalue weighted by Gasteiger charge is -2.13. The lowest BCUT2D eigenvalue weighted by molar-refractivity contribution is 0.0473. The minimum atomic E-state index is -4.52. The quantitative estimate of drug-likeness (QED) is 0.624. The number of carbonyl (C=O) groups excluding carboxylic acids is 1. The van der Waals surface area contributed by atoms with E-state index in [1.54, 1.807) is 0 Å². The van der Waals surface area contributed by atoms with Crippen LogP contribution in [0.4, 0.5) is 5.69 Å². The molecule has 0 aliphatic heterocycles.